The Morgan fingerprint density at radius 2 is 1.67 bits per heavy atom. The molecule has 0 saturated heterocycles. The smallest absolute Gasteiger partial charge is 0.411 e. The van der Waals surface area contributed by atoms with Gasteiger partial charge in [0.15, 0.2) is 5.78 Å². The fourth-order valence-corrected chi connectivity index (χ4v) is 8.56. The predicted molar refractivity (Wildman–Crippen MR) is 183 cm³/mol. The Bertz CT molecular complexity index is 2140. The van der Waals surface area contributed by atoms with Crippen LogP contribution in [0.25, 0.3) is 5.57 Å². The van der Waals surface area contributed by atoms with Gasteiger partial charge >= 0.3 is 12.4 Å². The van der Waals surface area contributed by atoms with E-state index in [0.717, 1.165) is 0 Å². The number of ether oxygens (including phenoxy) is 4. The molecule has 3 aliphatic rings. The number of hydrogen-bond donors (Lipinski definition) is 2. The SMILES string of the molecule is COc1ccc(Br)c(OC)c1C1(C(=O)NS(=O)(=O)Cc2ccc(C3NC(OCC(F)(F)F)C4=C3C(=O)C(OCC(F)(F)F)c3cccnc34)c(C)c2)CC1. The number of nitrogens with one attached hydrogen (secondary N) is 2. The second-order valence-corrected chi connectivity index (χ2v) is 15.5. The molecule has 1 aliphatic heterocycles. The van der Waals surface area contributed by atoms with Crippen LogP contribution >= 0.6 is 15.9 Å². The van der Waals surface area contributed by atoms with Crippen molar-refractivity contribution in [2.24, 2.45) is 0 Å². The highest BCUT2D eigenvalue weighted by atomic mass is 79.9. The Hall–Kier alpha value is -4.04. The molecule has 54 heavy (non-hydrogen) atoms. The number of hydrogen-bond acceptors (Lipinski definition) is 10. The molecule has 19 heteroatoms. The minimum absolute atomic E-state index is 0.0657. The van der Waals surface area contributed by atoms with Crippen molar-refractivity contribution in [3.05, 3.63) is 92.2 Å². The van der Waals surface area contributed by atoms with E-state index in [1.165, 1.54) is 50.7 Å². The third kappa shape index (κ3) is 7.87. The lowest BCUT2D eigenvalue weighted by molar-refractivity contribution is -0.187. The highest BCUT2D eigenvalue weighted by molar-refractivity contribution is 9.10. The molecule has 2 heterocycles. The largest absolute Gasteiger partial charge is 0.496 e. The van der Waals surface area contributed by atoms with Crippen molar-refractivity contribution in [3.8, 4) is 11.5 Å². The summed E-state index contributed by atoms with van der Waals surface area (Å²) in [7, 11) is -1.49. The van der Waals surface area contributed by atoms with Crippen LogP contribution in [0.3, 0.4) is 0 Å². The summed E-state index contributed by atoms with van der Waals surface area (Å²) in [6.07, 6.45) is -11.0. The van der Waals surface area contributed by atoms with Crippen molar-refractivity contribution in [2.45, 2.75) is 61.7 Å². The first-order valence-electron chi connectivity index (χ1n) is 16.2. The lowest BCUT2D eigenvalue weighted by Crippen LogP contribution is -2.39. The third-order valence-corrected chi connectivity index (χ3v) is 11.1. The van der Waals surface area contributed by atoms with Gasteiger partial charge in [-0.05, 0) is 70.6 Å². The van der Waals surface area contributed by atoms with Gasteiger partial charge in [0.05, 0.1) is 47.2 Å². The molecule has 3 unspecified atom stereocenters. The summed E-state index contributed by atoms with van der Waals surface area (Å²) in [6, 6.07) is 9.02. The molecule has 11 nitrogen and oxygen atoms in total. The van der Waals surface area contributed by atoms with Crippen LogP contribution in [0.1, 0.15) is 58.5 Å². The zero-order valence-electron chi connectivity index (χ0n) is 28.7. The molecule has 1 amide bonds. The summed E-state index contributed by atoms with van der Waals surface area (Å²) < 4.78 is 130. The van der Waals surface area contributed by atoms with Gasteiger partial charge in [-0.1, -0.05) is 24.3 Å². The molecule has 2 aromatic carbocycles. The van der Waals surface area contributed by atoms with Gasteiger partial charge in [-0.3, -0.25) is 24.6 Å². The normalized spacial score (nSPS) is 20.7. The zero-order valence-corrected chi connectivity index (χ0v) is 31.1. The molecule has 3 atom stereocenters. The monoisotopic (exact) mass is 847 g/mol. The van der Waals surface area contributed by atoms with Crippen LogP contribution in [-0.2, 0) is 40.3 Å². The quantitative estimate of drug-likeness (QED) is 0.207. The van der Waals surface area contributed by atoms with Crippen molar-refractivity contribution in [1.29, 1.82) is 0 Å². The molecule has 3 aromatic rings. The molecule has 0 spiro atoms. The van der Waals surface area contributed by atoms with Crippen molar-refractivity contribution in [3.63, 3.8) is 0 Å². The average Bonchev–Trinajstić information content (AvgIpc) is 3.80. The standard InChI is InChI=1S/C35H32BrF6N3O8S/c1-17-13-18(14-54(48,49)45-32(47)33(10-11-33)25-22(50-2)9-8-21(36)30(25)51-3)6-7-19(17)27-23-24(31(44-27)53-16-35(40,41)42)26-20(5-4-12-43-26)29(28(23)46)52-15-34(37,38)39/h4-9,12-13,27,29,31,44H,10-11,14-16H2,1-3H3,(H,45,47). The molecule has 290 valence electrons. The van der Waals surface area contributed by atoms with Gasteiger partial charge in [-0.25, -0.2) is 8.42 Å². The summed E-state index contributed by atoms with van der Waals surface area (Å²) in [6.45, 7) is -1.95. The Morgan fingerprint density at radius 1 is 0.981 bits per heavy atom. The predicted octanol–water partition coefficient (Wildman–Crippen LogP) is 6.05. The molecule has 1 fully saturated rings. The number of amides is 1. The average molecular weight is 849 g/mol. The third-order valence-electron chi connectivity index (χ3n) is 9.28. The van der Waals surface area contributed by atoms with Crippen LogP contribution in [0.5, 0.6) is 11.5 Å². The fraction of sp³-hybridized carbons (Fsp3) is 0.400. The number of alkyl halides is 6. The Kier molecular flexibility index (Phi) is 10.7. The van der Waals surface area contributed by atoms with E-state index in [2.05, 4.69) is 31.0 Å². The van der Waals surface area contributed by atoms with Gasteiger partial charge < -0.3 is 18.9 Å². The molecule has 1 aromatic heterocycles. The van der Waals surface area contributed by atoms with Gasteiger partial charge in [0.25, 0.3) is 0 Å². The molecular weight excluding hydrogens is 816 g/mol. The number of halogens is 7. The highest BCUT2D eigenvalue weighted by Crippen LogP contribution is 2.56. The number of nitrogens with zero attached hydrogens (tertiary/aromatic N) is 1. The summed E-state index contributed by atoms with van der Waals surface area (Å²) >= 11 is 3.39. The maximum absolute atomic E-state index is 13.9. The van der Waals surface area contributed by atoms with Crippen molar-refractivity contribution >= 4 is 43.2 Å². The number of aromatic nitrogens is 1. The number of pyridine rings is 1. The number of benzene rings is 2. The van der Waals surface area contributed by atoms with Crippen LogP contribution in [0.2, 0.25) is 0 Å². The van der Waals surface area contributed by atoms with Crippen molar-refractivity contribution in [2.75, 3.05) is 27.4 Å². The Labute approximate surface area is 313 Å². The number of Topliss-reactive ketones (excluding diaryl/α,β-unsaturated/α-hetero) is 1. The van der Waals surface area contributed by atoms with Crippen LogP contribution in [0.4, 0.5) is 26.3 Å². The van der Waals surface area contributed by atoms with Crippen molar-refractivity contribution < 1.29 is 63.3 Å². The van der Waals surface area contributed by atoms with Gasteiger partial charge in [-0.2, -0.15) is 26.3 Å². The van der Waals surface area contributed by atoms with Gasteiger partial charge in [-0.15, -0.1) is 0 Å². The number of fused-ring (bicyclic) bond motifs is 2. The van der Waals surface area contributed by atoms with Gasteiger partial charge in [0.2, 0.25) is 15.9 Å². The van der Waals surface area contributed by atoms with E-state index in [1.54, 1.807) is 19.1 Å². The fourth-order valence-electron chi connectivity index (χ4n) is 6.90. The number of rotatable bonds is 12. The first-order valence-corrected chi connectivity index (χ1v) is 18.7. The second kappa shape index (κ2) is 14.6. The Balaban J connectivity index is 1.29. The summed E-state index contributed by atoms with van der Waals surface area (Å²) in [4.78, 5) is 31.7. The Morgan fingerprint density at radius 3 is 2.28 bits per heavy atom. The zero-order chi connectivity index (χ0) is 39.4. The van der Waals surface area contributed by atoms with Gasteiger partial charge in [0.1, 0.15) is 37.0 Å². The maximum Gasteiger partial charge on any atom is 0.411 e. The lowest BCUT2D eigenvalue weighted by atomic mass is 9.82. The minimum Gasteiger partial charge on any atom is -0.496 e. The van der Waals surface area contributed by atoms with E-state index < -0.39 is 76.8 Å². The van der Waals surface area contributed by atoms with E-state index >= 15 is 0 Å². The topological polar surface area (TPSA) is 142 Å². The number of carbonyl (C=O) groups excluding carboxylic acids is 2. The first-order chi connectivity index (χ1) is 25.3. The highest BCUT2D eigenvalue weighted by Gasteiger charge is 2.56. The maximum atomic E-state index is 13.9. The molecule has 1 saturated carbocycles. The lowest BCUT2D eigenvalue weighted by Gasteiger charge is -2.28. The van der Waals surface area contributed by atoms with E-state index in [9.17, 15) is 44.3 Å². The van der Waals surface area contributed by atoms with Crippen LogP contribution in [-0.4, -0.2) is 71.1 Å². The van der Waals surface area contributed by atoms with E-state index in [0.29, 0.717) is 45.5 Å². The minimum atomic E-state index is -4.80. The second-order valence-electron chi connectivity index (χ2n) is 13.0. The molecule has 2 N–H and O–H groups in total. The number of aryl methyl sites for hydroxylation is 1. The molecule has 2 aliphatic carbocycles. The van der Waals surface area contributed by atoms with Gasteiger partial charge in [0, 0.05) is 22.9 Å². The van der Waals surface area contributed by atoms with Crippen LogP contribution < -0.4 is 19.5 Å². The van der Waals surface area contributed by atoms with Crippen LogP contribution in [0.15, 0.2) is 58.7 Å². The van der Waals surface area contributed by atoms with Crippen molar-refractivity contribution in [1.82, 2.24) is 15.0 Å². The summed E-state index contributed by atoms with van der Waals surface area (Å²) in [5, 5.41) is 2.85. The number of carbonyl (C=O) groups is 2. The summed E-state index contributed by atoms with van der Waals surface area (Å²) in [5.74, 6) is -1.71. The number of sulfonamides is 1. The number of ketones is 1. The van der Waals surface area contributed by atoms with Crippen LogP contribution in [0, 0.1) is 6.92 Å². The molecule has 0 bridgehead atoms. The summed E-state index contributed by atoms with van der Waals surface area (Å²) in [5.41, 5.74) is -0.400. The molecular formula is C35H32BrF6N3O8S. The van der Waals surface area contributed by atoms with E-state index in [-0.39, 0.29) is 28.0 Å². The van der Waals surface area contributed by atoms with E-state index in [4.69, 9.17) is 18.9 Å². The number of methoxy groups -OCH3 is 2. The molecule has 6 rings (SSSR count). The molecule has 0 radical (unpaired) electrons. The first kappa shape index (κ1) is 39.6. The van der Waals surface area contributed by atoms with E-state index in [1.807, 2.05) is 0 Å².